The Balaban J connectivity index is 2.18. The molecule has 88 valence electrons. The van der Waals surface area contributed by atoms with Gasteiger partial charge >= 0.3 is 0 Å². The van der Waals surface area contributed by atoms with E-state index in [2.05, 4.69) is 10.6 Å². The van der Waals surface area contributed by atoms with Gasteiger partial charge in [-0.25, -0.2) is 0 Å². The smallest absolute Gasteiger partial charge is 0.139 e. The number of benzene rings is 1. The van der Waals surface area contributed by atoms with Gasteiger partial charge in [-0.15, -0.1) is 0 Å². The van der Waals surface area contributed by atoms with Crippen LogP contribution in [0.2, 0.25) is 10.0 Å². The Bertz CT molecular complexity index is 378. The lowest BCUT2D eigenvalue weighted by atomic mass is 10.2. The molecule has 1 aromatic carbocycles. The first-order chi connectivity index (χ1) is 7.72. The standard InChI is InChI=1S/C11H14Cl2N2O/c1-16-9-3-2-8(10(12)11(9)13)15-7-4-5-14-6-7/h2-3,7,14-15H,4-6H2,1H3. The van der Waals surface area contributed by atoms with E-state index in [1.807, 2.05) is 12.1 Å². The Morgan fingerprint density at radius 3 is 2.81 bits per heavy atom. The highest BCUT2D eigenvalue weighted by molar-refractivity contribution is 6.44. The summed E-state index contributed by atoms with van der Waals surface area (Å²) in [7, 11) is 1.57. The zero-order valence-electron chi connectivity index (χ0n) is 9.02. The number of hydrogen-bond donors (Lipinski definition) is 2. The van der Waals surface area contributed by atoms with Crippen molar-refractivity contribution in [2.75, 3.05) is 25.5 Å². The van der Waals surface area contributed by atoms with Crippen LogP contribution in [-0.4, -0.2) is 26.2 Å². The normalized spacial score (nSPS) is 19.8. The molecular weight excluding hydrogens is 247 g/mol. The average molecular weight is 261 g/mol. The number of halogens is 2. The molecule has 1 fully saturated rings. The molecule has 2 N–H and O–H groups in total. The molecule has 0 spiro atoms. The molecule has 0 aromatic heterocycles. The predicted molar refractivity (Wildman–Crippen MR) is 67.9 cm³/mol. The average Bonchev–Trinajstić information content (AvgIpc) is 2.78. The third-order valence-electron chi connectivity index (χ3n) is 2.69. The van der Waals surface area contributed by atoms with Crippen LogP contribution in [-0.2, 0) is 0 Å². The fraction of sp³-hybridized carbons (Fsp3) is 0.455. The van der Waals surface area contributed by atoms with E-state index in [0.29, 0.717) is 21.8 Å². The summed E-state index contributed by atoms with van der Waals surface area (Å²) in [5.74, 6) is 0.599. The van der Waals surface area contributed by atoms with Gasteiger partial charge in [0, 0.05) is 12.6 Å². The summed E-state index contributed by atoms with van der Waals surface area (Å²) >= 11 is 12.2. The van der Waals surface area contributed by atoms with Crippen molar-refractivity contribution in [2.24, 2.45) is 0 Å². The van der Waals surface area contributed by atoms with Crippen molar-refractivity contribution in [1.29, 1.82) is 0 Å². The number of rotatable bonds is 3. The van der Waals surface area contributed by atoms with E-state index in [1.54, 1.807) is 7.11 Å². The molecule has 0 radical (unpaired) electrons. The quantitative estimate of drug-likeness (QED) is 0.877. The Hall–Kier alpha value is -0.640. The SMILES string of the molecule is COc1ccc(NC2CCNC2)c(Cl)c1Cl. The highest BCUT2D eigenvalue weighted by atomic mass is 35.5. The van der Waals surface area contributed by atoms with Crippen LogP contribution >= 0.6 is 23.2 Å². The molecule has 0 saturated carbocycles. The maximum atomic E-state index is 6.16. The van der Waals surface area contributed by atoms with E-state index in [9.17, 15) is 0 Å². The van der Waals surface area contributed by atoms with Gasteiger partial charge in [0.05, 0.1) is 17.8 Å². The van der Waals surface area contributed by atoms with Crippen molar-refractivity contribution >= 4 is 28.9 Å². The van der Waals surface area contributed by atoms with E-state index in [4.69, 9.17) is 27.9 Å². The van der Waals surface area contributed by atoms with Crippen molar-refractivity contribution in [3.63, 3.8) is 0 Å². The summed E-state index contributed by atoms with van der Waals surface area (Å²) < 4.78 is 5.09. The first kappa shape index (κ1) is 11.8. The van der Waals surface area contributed by atoms with E-state index >= 15 is 0 Å². The Morgan fingerprint density at radius 2 is 2.19 bits per heavy atom. The summed E-state index contributed by atoms with van der Waals surface area (Å²) in [5.41, 5.74) is 0.862. The van der Waals surface area contributed by atoms with Crippen molar-refractivity contribution in [3.05, 3.63) is 22.2 Å². The number of anilines is 1. The lowest BCUT2D eigenvalue weighted by Gasteiger charge is -2.16. The van der Waals surface area contributed by atoms with Gasteiger partial charge in [-0.3, -0.25) is 0 Å². The van der Waals surface area contributed by atoms with Gasteiger partial charge in [-0.05, 0) is 25.1 Å². The summed E-state index contributed by atoms with van der Waals surface area (Å²) in [6.45, 7) is 2.00. The van der Waals surface area contributed by atoms with Gasteiger partial charge in [0.1, 0.15) is 10.8 Å². The zero-order chi connectivity index (χ0) is 11.5. The molecule has 16 heavy (non-hydrogen) atoms. The van der Waals surface area contributed by atoms with Crippen LogP contribution in [0.3, 0.4) is 0 Å². The molecule has 1 atom stereocenters. The monoisotopic (exact) mass is 260 g/mol. The number of ether oxygens (including phenoxy) is 1. The first-order valence-electron chi connectivity index (χ1n) is 5.21. The topological polar surface area (TPSA) is 33.3 Å². The van der Waals surface area contributed by atoms with Gasteiger partial charge in [-0.2, -0.15) is 0 Å². The number of hydrogen-bond acceptors (Lipinski definition) is 3. The zero-order valence-corrected chi connectivity index (χ0v) is 10.5. The highest BCUT2D eigenvalue weighted by Gasteiger charge is 2.17. The minimum Gasteiger partial charge on any atom is -0.495 e. The van der Waals surface area contributed by atoms with Gasteiger partial charge < -0.3 is 15.4 Å². The molecule has 1 aliphatic heterocycles. The van der Waals surface area contributed by atoms with E-state index < -0.39 is 0 Å². The largest absolute Gasteiger partial charge is 0.495 e. The Kier molecular flexibility index (Phi) is 3.79. The summed E-state index contributed by atoms with van der Waals surface area (Å²) in [6, 6.07) is 4.13. The molecule has 1 unspecified atom stereocenters. The second kappa shape index (κ2) is 5.13. The molecule has 0 aliphatic carbocycles. The molecule has 5 heteroatoms. The van der Waals surface area contributed by atoms with Crippen LogP contribution in [0, 0.1) is 0 Å². The van der Waals surface area contributed by atoms with Crippen molar-refractivity contribution in [2.45, 2.75) is 12.5 Å². The second-order valence-electron chi connectivity index (χ2n) is 3.78. The van der Waals surface area contributed by atoms with Gasteiger partial charge in [0.25, 0.3) is 0 Å². The third kappa shape index (κ3) is 2.37. The van der Waals surface area contributed by atoms with Crippen molar-refractivity contribution < 1.29 is 4.74 Å². The van der Waals surface area contributed by atoms with Crippen LogP contribution in [0.1, 0.15) is 6.42 Å². The lowest BCUT2D eigenvalue weighted by Crippen LogP contribution is -2.22. The lowest BCUT2D eigenvalue weighted by molar-refractivity contribution is 0.415. The van der Waals surface area contributed by atoms with E-state index in [-0.39, 0.29) is 0 Å². The van der Waals surface area contributed by atoms with Gasteiger partial charge in [-0.1, -0.05) is 23.2 Å². The molecule has 3 nitrogen and oxygen atoms in total. The third-order valence-corrected chi connectivity index (χ3v) is 3.55. The molecular formula is C11H14Cl2N2O. The minimum atomic E-state index is 0.418. The van der Waals surface area contributed by atoms with Crippen LogP contribution < -0.4 is 15.4 Å². The highest BCUT2D eigenvalue weighted by Crippen LogP contribution is 2.37. The second-order valence-corrected chi connectivity index (χ2v) is 4.53. The Labute approximate surface area is 105 Å². The van der Waals surface area contributed by atoms with Crippen LogP contribution in [0.4, 0.5) is 5.69 Å². The van der Waals surface area contributed by atoms with Crippen LogP contribution in [0.25, 0.3) is 0 Å². The van der Waals surface area contributed by atoms with Crippen molar-refractivity contribution in [3.8, 4) is 5.75 Å². The maximum absolute atomic E-state index is 6.16. The fourth-order valence-electron chi connectivity index (χ4n) is 1.80. The molecule has 1 saturated heterocycles. The van der Waals surface area contributed by atoms with Crippen LogP contribution in [0.15, 0.2) is 12.1 Å². The van der Waals surface area contributed by atoms with Crippen LogP contribution in [0.5, 0.6) is 5.75 Å². The number of nitrogens with one attached hydrogen (secondary N) is 2. The number of methoxy groups -OCH3 is 1. The molecule has 1 aromatic rings. The maximum Gasteiger partial charge on any atom is 0.139 e. The van der Waals surface area contributed by atoms with Gasteiger partial charge in [0.15, 0.2) is 0 Å². The molecule has 1 aliphatic rings. The molecule has 2 rings (SSSR count). The predicted octanol–water partition coefficient (Wildman–Crippen LogP) is 2.78. The van der Waals surface area contributed by atoms with E-state index in [1.165, 1.54) is 0 Å². The minimum absolute atomic E-state index is 0.418. The van der Waals surface area contributed by atoms with E-state index in [0.717, 1.165) is 25.2 Å². The molecule has 0 bridgehead atoms. The molecule has 0 amide bonds. The van der Waals surface area contributed by atoms with Gasteiger partial charge in [0.2, 0.25) is 0 Å². The summed E-state index contributed by atoms with van der Waals surface area (Å²) in [6.07, 6.45) is 1.10. The summed E-state index contributed by atoms with van der Waals surface area (Å²) in [5, 5.41) is 7.63. The summed E-state index contributed by atoms with van der Waals surface area (Å²) in [4.78, 5) is 0. The van der Waals surface area contributed by atoms with Crippen molar-refractivity contribution in [1.82, 2.24) is 5.32 Å². The Morgan fingerprint density at radius 1 is 1.38 bits per heavy atom. The fourth-order valence-corrected chi connectivity index (χ4v) is 2.25. The molecule has 1 heterocycles. The first-order valence-corrected chi connectivity index (χ1v) is 5.97.